The predicted molar refractivity (Wildman–Crippen MR) is 60.4 cm³/mol. The zero-order chi connectivity index (χ0) is 12.0. The summed E-state index contributed by atoms with van der Waals surface area (Å²) < 4.78 is 0. The average molecular weight is 221 g/mol. The number of amides is 2. The highest BCUT2D eigenvalue weighted by Gasteiger charge is 2.15. The van der Waals surface area contributed by atoms with Crippen LogP contribution in [0.2, 0.25) is 0 Å². The van der Waals surface area contributed by atoms with Gasteiger partial charge in [-0.15, -0.1) is 0 Å². The third-order valence-electron chi connectivity index (χ3n) is 2.14. The molecule has 1 aromatic rings. The lowest BCUT2D eigenvalue weighted by Crippen LogP contribution is -2.40. The van der Waals surface area contributed by atoms with Crippen LogP contribution in [0, 0.1) is 0 Å². The van der Waals surface area contributed by atoms with Gasteiger partial charge in [-0.05, 0) is 5.56 Å². The van der Waals surface area contributed by atoms with Crippen LogP contribution in [0.3, 0.4) is 0 Å². The van der Waals surface area contributed by atoms with Gasteiger partial charge in [0.25, 0.3) is 0 Å². The first kappa shape index (κ1) is 12.2. The standard InChI is InChI=1S/C11H15N3O2/c1-13-9(15)7-14-11(16)10(12)8-5-3-2-4-6-8/h2-6,10H,7,12H2,1H3,(H,13,15)(H,14,16). The number of nitrogens with one attached hydrogen (secondary N) is 2. The monoisotopic (exact) mass is 221 g/mol. The summed E-state index contributed by atoms with van der Waals surface area (Å²) in [6, 6.07) is 8.25. The molecule has 1 unspecified atom stereocenters. The van der Waals surface area contributed by atoms with Crippen LogP contribution in [0.1, 0.15) is 11.6 Å². The Balaban J connectivity index is 2.52. The summed E-state index contributed by atoms with van der Waals surface area (Å²) in [5, 5.41) is 4.86. The fourth-order valence-corrected chi connectivity index (χ4v) is 1.18. The fraction of sp³-hybridized carbons (Fsp3) is 0.273. The molecule has 0 saturated heterocycles. The van der Waals surface area contributed by atoms with E-state index in [1.54, 1.807) is 24.3 Å². The van der Waals surface area contributed by atoms with Crippen LogP contribution in [0.25, 0.3) is 0 Å². The Bertz CT molecular complexity index is 365. The molecule has 1 rings (SSSR count). The molecule has 0 bridgehead atoms. The van der Waals surface area contributed by atoms with Crippen molar-refractivity contribution in [2.24, 2.45) is 5.73 Å². The van der Waals surface area contributed by atoms with E-state index >= 15 is 0 Å². The number of hydrogen-bond acceptors (Lipinski definition) is 3. The largest absolute Gasteiger partial charge is 0.358 e. The second-order valence-electron chi connectivity index (χ2n) is 3.28. The van der Waals surface area contributed by atoms with Crippen LogP contribution >= 0.6 is 0 Å². The Kier molecular flexibility index (Phi) is 4.47. The first-order valence-electron chi connectivity index (χ1n) is 4.94. The predicted octanol–water partition coefficient (Wildman–Crippen LogP) is -0.451. The molecule has 0 aliphatic carbocycles. The molecule has 2 amide bonds. The number of rotatable bonds is 4. The maximum atomic E-state index is 11.5. The van der Waals surface area contributed by atoms with Crippen LogP contribution in [0.4, 0.5) is 0 Å². The van der Waals surface area contributed by atoms with Gasteiger partial charge in [0.05, 0.1) is 6.54 Å². The maximum absolute atomic E-state index is 11.5. The second kappa shape index (κ2) is 5.87. The minimum absolute atomic E-state index is 0.0597. The van der Waals surface area contributed by atoms with Gasteiger partial charge in [0, 0.05) is 7.05 Å². The zero-order valence-electron chi connectivity index (χ0n) is 9.07. The van der Waals surface area contributed by atoms with Crippen LogP contribution in [-0.2, 0) is 9.59 Å². The molecule has 5 heteroatoms. The molecule has 1 aromatic carbocycles. The summed E-state index contributed by atoms with van der Waals surface area (Å²) in [5.74, 6) is -0.622. The first-order chi connectivity index (χ1) is 7.65. The lowest BCUT2D eigenvalue weighted by molar-refractivity contribution is -0.126. The second-order valence-corrected chi connectivity index (χ2v) is 3.28. The topological polar surface area (TPSA) is 84.2 Å². The molecular weight excluding hydrogens is 206 g/mol. The van der Waals surface area contributed by atoms with Crippen molar-refractivity contribution in [2.75, 3.05) is 13.6 Å². The quantitative estimate of drug-likeness (QED) is 0.643. The van der Waals surface area contributed by atoms with Crippen LogP contribution in [0.5, 0.6) is 0 Å². The van der Waals surface area contributed by atoms with Crippen LogP contribution < -0.4 is 16.4 Å². The summed E-state index contributed by atoms with van der Waals surface area (Å²) in [6.45, 7) is -0.0597. The molecule has 0 aliphatic rings. The number of benzene rings is 1. The Morgan fingerprint density at radius 2 is 1.94 bits per heavy atom. The number of nitrogens with two attached hydrogens (primary N) is 1. The van der Waals surface area contributed by atoms with Crippen LogP contribution in [-0.4, -0.2) is 25.4 Å². The lowest BCUT2D eigenvalue weighted by atomic mass is 10.1. The van der Waals surface area contributed by atoms with Crippen molar-refractivity contribution in [2.45, 2.75) is 6.04 Å². The van der Waals surface area contributed by atoms with Gasteiger partial charge in [-0.3, -0.25) is 9.59 Å². The lowest BCUT2D eigenvalue weighted by Gasteiger charge is -2.11. The molecule has 0 heterocycles. The minimum atomic E-state index is -0.745. The number of carbonyl (C=O) groups excluding carboxylic acids is 2. The molecule has 0 saturated carbocycles. The molecule has 86 valence electrons. The molecule has 0 aliphatic heterocycles. The van der Waals surface area contributed by atoms with Crippen molar-refractivity contribution in [3.05, 3.63) is 35.9 Å². The smallest absolute Gasteiger partial charge is 0.241 e. The summed E-state index contributed by atoms with van der Waals surface area (Å²) in [5.41, 5.74) is 6.44. The fourth-order valence-electron chi connectivity index (χ4n) is 1.18. The Hall–Kier alpha value is -1.88. The summed E-state index contributed by atoms with van der Waals surface area (Å²) in [6.07, 6.45) is 0. The van der Waals surface area contributed by atoms with E-state index in [1.165, 1.54) is 7.05 Å². The van der Waals surface area contributed by atoms with E-state index in [-0.39, 0.29) is 18.4 Å². The first-order valence-corrected chi connectivity index (χ1v) is 4.94. The molecular formula is C11H15N3O2. The Morgan fingerprint density at radius 1 is 1.31 bits per heavy atom. The highest BCUT2D eigenvalue weighted by molar-refractivity contribution is 5.87. The molecule has 0 fully saturated rings. The molecule has 5 nitrogen and oxygen atoms in total. The third kappa shape index (κ3) is 3.36. The van der Waals surface area contributed by atoms with Crippen molar-refractivity contribution < 1.29 is 9.59 Å². The summed E-state index contributed by atoms with van der Waals surface area (Å²) in [7, 11) is 1.51. The SMILES string of the molecule is CNC(=O)CNC(=O)C(N)c1ccccc1. The molecule has 16 heavy (non-hydrogen) atoms. The molecule has 0 spiro atoms. The average Bonchev–Trinajstić information content (AvgIpc) is 2.35. The van der Waals surface area contributed by atoms with E-state index in [2.05, 4.69) is 10.6 Å². The van der Waals surface area contributed by atoms with Gasteiger partial charge in [-0.2, -0.15) is 0 Å². The molecule has 0 radical (unpaired) electrons. The van der Waals surface area contributed by atoms with E-state index < -0.39 is 6.04 Å². The van der Waals surface area contributed by atoms with Crippen molar-refractivity contribution in [3.8, 4) is 0 Å². The summed E-state index contributed by atoms with van der Waals surface area (Å²) in [4.78, 5) is 22.5. The highest BCUT2D eigenvalue weighted by Crippen LogP contribution is 2.08. The van der Waals surface area contributed by atoms with Gasteiger partial charge < -0.3 is 16.4 Å². The normalized spacial score (nSPS) is 11.6. The molecule has 1 atom stereocenters. The third-order valence-corrected chi connectivity index (χ3v) is 2.14. The maximum Gasteiger partial charge on any atom is 0.241 e. The van der Waals surface area contributed by atoms with Gasteiger partial charge in [-0.1, -0.05) is 30.3 Å². The van der Waals surface area contributed by atoms with E-state index in [4.69, 9.17) is 5.73 Å². The Labute approximate surface area is 94.0 Å². The highest BCUT2D eigenvalue weighted by atomic mass is 16.2. The number of hydrogen-bond donors (Lipinski definition) is 3. The number of carbonyl (C=O) groups is 2. The van der Waals surface area contributed by atoms with E-state index in [0.717, 1.165) is 5.56 Å². The zero-order valence-corrected chi connectivity index (χ0v) is 9.07. The van der Waals surface area contributed by atoms with Crippen molar-refractivity contribution in [1.29, 1.82) is 0 Å². The van der Waals surface area contributed by atoms with E-state index in [1.807, 2.05) is 6.07 Å². The van der Waals surface area contributed by atoms with Gasteiger partial charge in [0.15, 0.2) is 0 Å². The van der Waals surface area contributed by atoms with Gasteiger partial charge >= 0.3 is 0 Å². The van der Waals surface area contributed by atoms with E-state index in [0.29, 0.717) is 0 Å². The van der Waals surface area contributed by atoms with Crippen LogP contribution in [0.15, 0.2) is 30.3 Å². The molecule has 4 N–H and O–H groups in total. The van der Waals surface area contributed by atoms with Crippen molar-refractivity contribution in [3.63, 3.8) is 0 Å². The minimum Gasteiger partial charge on any atom is -0.358 e. The van der Waals surface area contributed by atoms with Gasteiger partial charge in [0.2, 0.25) is 11.8 Å². The summed E-state index contributed by atoms with van der Waals surface area (Å²) >= 11 is 0. The van der Waals surface area contributed by atoms with Crippen molar-refractivity contribution >= 4 is 11.8 Å². The Morgan fingerprint density at radius 3 is 2.50 bits per heavy atom. The van der Waals surface area contributed by atoms with Crippen molar-refractivity contribution in [1.82, 2.24) is 10.6 Å². The molecule has 0 aromatic heterocycles. The van der Waals surface area contributed by atoms with Gasteiger partial charge in [0.1, 0.15) is 6.04 Å². The van der Waals surface area contributed by atoms with Gasteiger partial charge in [-0.25, -0.2) is 0 Å². The number of likely N-dealkylation sites (N-methyl/N-ethyl adjacent to an activating group) is 1. The van der Waals surface area contributed by atoms with E-state index in [9.17, 15) is 9.59 Å².